The number of thiocarbonyl (C=S) groups is 1. The van der Waals surface area contributed by atoms with E-state index >= 15 is 0 Å². The number of anilines is 1. The predicted molar refractivity (Wildman–Crippen MR) is 157 cm³/mol. The number of rotatable bonds is 7. The quantitative estimate of drug-likeness (QED) is 0.357. The first-order valence-corrected chi connectivity index (χ1v) is 15.7. The monoisotopic (exact) mass is 571 g/mol. The maximum atomic E-state index is 13.7. The number of hydrogen-bond donors (Lipinski definition) is 1. The maximum absolute atomic E-state index is 13.7. The Morgan fingerprint density at radius 3 is 2.42 bits per heavy atom. The minimum Gasteiger partial charge on any atom is -0.497 e. The SMILES string of the molecule is COc1ccc(NC(=S)N2CCN(S(=O)(=O)c3sccc3-c3cccc(OC4CCCCC4)c3)CC2)cc1. The van der Waals surface area contributed by atoms with Crippen molar-refractivity contribution < 1.29 is 17.9 Å². The molecule has 0 spiro atoms. The fourth-order valence-electron chi connectivity index (χ4n) is 4.95. The van der Waals surface area contributed by atoms with Crippen LogP contribution in [-0.2, 0) is 10.0 Å². The van der Waals surface area contributed by atoms with E-state index < -0.39 is 10.0 Å². The lowest BCUT2D eigenvalue weighted by molar-refractivity contribution is 0.155. The van der Waals surface area contributed by atoms with Crippen LogP contribution in [0.5, 0.6) is 11.5 Å². The molecule has 1 saturated carbocycles. The highest BCUT2D eigenvalue weighted by Gasteiger charge is 2.32. The van der Waals surface area contributed by atoms with E-state index in [1.807, 2.05) is 64.9 Å². The molecule has 0 amide bonds. The number of nitrogens with zero attached hydrogens (tertiary/aromatic N) is 2. The van der Waals surface area contributed by atoms with Crippen LogP contribution >= 0.6 is 23.6 Å². The van der Waals surface area contributed by atoms with E-state index in [2.05, 4.69) is 5.32 Å². The van der Waals surface area contributed by atoms with Crippen molar-refractivity contribution >= 4 is 44.4 Å². The molecule has 0 unspecified atom stereocenters. The van der Waals surface area contributed by atoms with Gasteiger partial charge in [0.2, 0.25) is 0 Å². The molecule has 1 aliphatic carbocycles. The molecular formula is C28H33N3O4S3. The largest absolute Gasteiger partial charge is 0.497 e. The molecule has 1 aliphatic heterocycles. The molecule has 2 aromatic carbocycles. The highest BCUT2D eigenvalue weighted by Crippen LogP contribution is 2.36. The number of methoxy groups -OCH3 is 1. The highest BCUT2D eigenvalue weighted by molar-refractivity contribution is 7.91. The van der Waals surface area contributed by atoms with E-state index in [1.165, 1.54) is 30.6 Å². The molecule has 0 bridgehead atoms. The molecule has 0 radical (unpaired) electrons. The molecule has 2 heterocycles. The van der Waals surface area contributed by atoms with E-state index in [4.69, 9.17) is 21.7 Å². The van der Waals surface area contributed by atoms with Crippen LogP contribution < -0.4 is 14.8 Å². The Kier molecular flexibility index (Phi) is 8.52. The van der Waals surface area contributed by atoms with Crippen molar-refractivity contribution in [3.63, 3.8) is 0 Å². The third-order valence-corrected chi connectivity index (χ3v) is 10.8. The zero-order valence-electron chi connectivity index (χ0n) is 21.5. The van der Waals surface area contributed by atoms with Gasteiger partial charge in [-0.3, -0.25) is 0 Å². The van der Waals surface area contributed by atoms with Gasteiger partial charge in [0.25, 0.3) is 10.0 Å². The Balaban J connectivity index is 1.24. The summed E-state index contributed by atoms with van der Waals surface area (Å²) in [4.78, 5) is 2.01. The van der Waals surface area contributed by atoms with Crippen LogP contribution in [0.3, 0.4) is 0 Å². The molecule has 2 fully saturated rings. The number of benzene rings is 2. The van der Waals surface area contributed by atoms with Gasteiger partial charge in [-0.2, -0.15) is 4.31 Å². The molecule has 0 atom stereocenters. The summed E-state index contributed by atoms with van der Waals surface area (Å²) >= 11 is 6.86. The van der Waals surface area contributed by atoms with Gasteiger partial charge >= 0.3 is 0 Å². The highest BCUT2D eigenvalue weighted by atomic mass is 32.2. The number of nitrogens with one attached hydrogen (secondary N) is 1. The van der Waals surface area contributed by atoms with Gasteiger partial charge in [-0.15, -0.1) is 11.3 Å². The standard InChI is InChI=1S/C28H33N3O4S3/c1-34-23-12-10-22(11-13-23)29-28(36)30-15-17-31(18-16-30)38(32,33)27-26(14-19-37-27)21-6-5-9-25(20-21)35-24-7-3-2-4-8-24/h5-6,9-14,19-20,24H,2-4,7-8,15-18H2,1H3,(H,29,36). The van der Waals surface area contributed by atoms with Gasteiger partial charge in [0, 0.05) is 37.4 Å². The Labute approximate surface area is 234 Å². The molecular weight excluding hydrogens is 539 g/mol. The normalized spacial score (nSPS) is 17.2. The van der Waals surface area contributed by atoms with Crippen LogP contribution in [0.1, 0.15) is 32.1 Å². The lowest BCUT2D eigenvalue weighted by Crippen LogP contribution is -2.51. The molecule has 5 rings (SSSR count). The van der Waals surface area contributed by atoms with Crippen molar-refractivity contribution in [2.24, 2.45) is 0 Å². The van der Waals surface area contributed by atoms with Gasteiger partial charge in [0.15, 0.2) is 5.11 Å². The molecule has 1 aromatic heterocycles. The Hall–Kier alpha value is -2.66. The Morgan fingerprint density at radius 1 is 0.974 bits per heavy atom. The zero-order valence-corrected chi connectivity index (χ0v) is 23.9. The first kappa shape index (κ1) is 26.9. The summed E-state index contributed by atoms with van der Waals surface area (Å²) in [5.74, 6) is 1.58. The van der Waals surface area contributed by atoms with Crippen molar-refractivity contribution in [3.8, 4) is 22.6 Å². The number of sulfonamides is 1. The number of hydrogen-bond acceptors (Lipinski definition) is 6. The smallest absolute Gasteiger partial charge is 0.253 e. The van der Waals surface area contributed by atoms with Crippen molar-refractivity contribution in [1.29, 1.82) is 0 Å². The van der Waals surface area contributed by atoms with Gasteiger partial charge in [-0.25, -0.2) is 8.42 Å². The minimum atomic E-state index is -3.65. The van der Waals surface area contributed by atoms with Crippen LogP contribution in [0.25, 0.3) is 11.1 Å². The van der Waals surface area contributed by atoms with Crippen LogP contribution in [0.15, 0.2) is 64.2 Å². The van der Waals surface area contributed by atoms with E-state index in [-0.39, 0.29) is 6.10 Å². The summed E-state index contributed by atoms with van der Waals surface area (Å²) in [5, 5.41) is 5.66. The fourth-order valence-corrected chi connectivity index (χ4v) is 8.20. The van der Waals surface area contributed by atoms with Gasteiger partial charge in [0.05, 0.1) is 13.2 Å². The zero-order chi connectivity index (χ0) is 26.5. The molecule has 1 N–H and O–H groups in total. The average molecular weight is 572 g/mol. The second-order valence-corrected chi connectivity index (χ2v) is 13.0. The van der Waals surface area contributed by atoms with Crippen LogP contribution in [-0.4, -0.2) is 62.1 Å². The Bertz CT molecular complexity index is 1340. The van der Waals surface area contributed by atoms with Crippen molar-refractivity contribution in [1.82, 2.24) is 9.21 Å². The summed E-state index contributed by atoms with van der Waals surface area (Å²) < 4.78 is 40.8. The fraction of sp³-hybridized carbons (Fsp3) is 0.393. The lowest BCUT2D eigenvalue weighted by atomic mass is 9.98. The number of piperazine rings is 1. The van der Waals surface area contributed by atoms with Crippen molar-refractivity contribution in [2.45, 2.75) is 42.4 Å². The molecule has 202 valence electrons. The molecule has 1 saturated heterocycles. The predicted octanol–water partition coefficient (Wildman–Crippen LogP) is 5.84. The van der Waals surface area contributed by atoms with Crippen molar-refractivity contribution in [2.75, 3.05) is 38.6 Å². The number of ether oxygens (including phenoxy) is 2. The molecule has 3 aromatic rings. The molecule has 38 heavy (non-hydrogen) atoms. The summed E-state index contributed by atoms with van der Waals surface area (Å²) in [6.45, 7) is 1.78. The van der Waals surface area contributed by atoms with Gasteiger partial charge < -0.3 is 19.7 Å². The van der Waals surface area contributed by atoms with Gasteiger partial charge in [-0.1, -0.05) is 18.6 Å². The third kappa shape index (κ3) is 6.14. The second kappa shape index (κ2) is 12.0. The van der Waals surface area contributed by atoms with E-state index in [0.29, 0.717) is 35.5 Å². The summed E-state index contributed by atoms with van der Waals surface area (Å²) in [7, 11) is -2.02. The maximum Gasteiger partial charge on any atom is 0.253 e. The van der Waals surface area contributed by atoms with Gasteiger partial charge in [-0.05, 0) is 91.3 Å². The lowest BCUT2D eigenvalue weighted by Gasteiger charge is -2.35. The molecule has 7 nitrogen and oxygen atoms in total. The topological polar surface area (TPSA) is 71.1 Å². The van der Waals surface area contributed by atoms with E-state index in [9.17, 15) is 8.42 Å². The second-order valence-electron chi connectivity index (χ2n) is 9.58. The van der Waals surface area contributed by atoms with Crippen LogP contribution in [0, 0.1) is 0 Å². The Morgan fingerprint density at radius 2 is 1.71 bits per heavy atom. The molecule has 10 heteroatoms. The first-order valence-electron chi connectivity index (χ1n) is 13.0. The van der Waals surface area contributed by atoms with Gasteiger partial charge in [0.1, 0.15) is 15.7 Å². The van der Waals surface area contributed by atoms with Crippen LogP contribution in [0.4, 0.5) is 5.69 Å². The average Bonchev–Trinajstić information content (AvgIpc) is 3.46. The van der Waals surface area contributed by atoms with Crippen molar-refractivity contribution in [3.05, 3.63) is 60.0 Å². The van der Waals surface area contributed by atoms with Crippen LogP contribution in [0.2, 0.25) is 0 Å². The first-order chi connectivity index (χ1) is 18.4. The number of thiophene rings is 1. The molecule has 2 aliphatic rings. The summed E-state index contributed by atoms with van der Waals surface area (Å²) in [6.07, 6.45) is 6.07. The summed E-state index contributed by atoms with van der Waals surface area (Å²) in [5.41, 5.74) is 2.45. The third-order valence-electron chi connectivity index (χ3n) is 7.07. The van der Waals surface area contributed by atoms with E-state index in [1.54, 1.807) is 11.4 Å². The minimum absolute atomic E-state index is 0.242. The van der Waals surface area contributed by atoms with E-state index in [0.717, 1.165) is 41.2 Å². The summed E-state index contributed by atoms with van der Waals surface area (Å²) in [6, 6.07) is 17.3.